The van der Waals surface area contributed by atoms with Gasteiger partial charge < -0.3 is 19.4 Å². The van der Waals surface area contributed by atoms with E-state index < -0.39 is 12.1 Å². The largest absolute Gasteiger partial charge is 0.547 e. The highest BCUT2D eigenvalue weighted by atomic mass is 16.6. The van der Waals surface area contributed by atoms with Gasteiger partial charge in [-0.15, -0.1) is 0 Å². The molecule has 0 N–H and O–H groups in total. The first-order valence-electron chi connectivity index (χ1n) is 4.22. The van der Waals surface area contributed by atoms with Crippen molar-refractivity contribution in [2.75, 3.05) is 7.11 Å². The van der Waals surface area contributed by atoms with E-state index in [1.807, 2.05) is 0 Å². The minimum absolute atomic E-state index is 0.356. The van der Waals surface area contributed by atoms with Crippen molar-refractivity contribution in [1.29, 1.82) is 0 Å². The fourth-order valence-electron chi connectivity index (χ4n) is 1.34. The van der Waals surface area contributed by atoms with Crippen LogP contribution in [0, 0.1) is 0 Å². The maximum Gasteiger partial charge on any atom is 0.128 e. The molecule has 0 amide bonds. The van der Waals surface area contributed by atoms with Crippen molar-refractivity contribution in [1.82, 2.24) is 0 Å². The van der Waals surface area contributed by atoms with E-state index in [1.165, 1.54) is 0 Å². The van der Waals surface area contributed by atoms with Crippen LogP contribution >= 0.6 is 0 Å². The monoisotopic (exact) mass is 193 g/mol. The lowest BCUT2D eigenvalue weighted by molar-refractivity contribution is -0.307. The van der Waals surface area contributed by atoms with E-state index in [0.29, 0.717) is 0 Å². The number of hydrogen-bond acceptors (Lipinski definition) is 4. The number of carbonyl (C=O) groups is 1. The topological polar surface area (TPSA) is 61.9 Å². The Balaban J connectivity index is 2.08. The van der Waals surface area contributed by atoms with Crippen molar-refractivity contribution >= 4 is 5.97 Å². The van der Waals surface area contributed by atoms with Gasteiger partial charge in [0.25, 0.3) is 0 Å². The molecule has 0 spiro atoms. The molecule has 1 saturated heterocycles. The van der Waals surface area contributed by atoms with E-state index in [9.17, 15) is 9.90 Å². The molecule has 0 aromatic heterocycles. The summed E-state index contributed by atoms with van der Waals surface area (Å²) in [6.07, 6.45) is -1.14. The number of hydrogen-bond donors (Lipinski definition) is 0. The molecule has 1 aromatic rings. The lowest BCUT2D eigenvalue weighted by Gasteiger charge is -2.00. The number of epoxide rings is 1. The van der Waals surface area contributed by atoms with E-state index in [4.69, 9.17) is 9.47 Å². The first-order chi connectivity index (χ1) is 6.72. The molecular formula is C10H9O4-. The minimum atomic E-state index is -1.16. The Bertz CT molecular complexity index is 344. The van der Waals surface area contributed by atoms with E-state index >= 15 is 0 Å². The van der Waals surface area contributed by atoms with Crippen molar-refractivity contribution in [3.05, 3.63) is 29.8 Å². The molecule has 14 heavy (non-hydrogen) atoms. The zero-order chi connectivity index (χ0) is 10.1. The Labute approximate surface area is 81.1 Å². The molecule has 1 aromatic carbocycles. The first-order valence-corrected chi connectivity index (χ1v) is 4.22. The van der Waals surface area contributed by atoms with E-state index in [2.05, 4.69) is 0 Å². The Kier molecular flexibility index (Phi) is 2.13. The van der Waals surface area contributed by atoms with Gasteiger partial charge in [-0.05, 0) is 17.7 Å². The third-order valence-electron chi connectivity index (χ3n) is 2.17. The summed E-state index contributed by atoms with van der Waals surface area (Å²) in [6, 6.07) is 7.10. The Hall–Kier alpha value is -1.55. The van der Waals surface area contributed by atoms with Gasteiger partial charge in [0, 0.05) is 0 Å². The Morgan fingerprint density at radius 1 is 1.43 bits per heavy atom. The molecule has 0 radical (unpaired) electrons. The third-order valence-corrected chi connectivity index (χ3v) is 2.17. The lowest BCUT2D eigenvalue weighted by Crippen LogP contribution is -2.28. The van der Waals surface area contributed by atoms with Gasteiger partial charge in [-0.1, -0.05) is 12.1 Å². The Morgan fingerprint density at radius 3 is 2.50 bits per heavy atom. The molecule has 1 heterocycles. The number of carbonyl (C=O) groups excluding carboxylic acids is 1. The van der Waals surface area contributed by atoms with Crippen LogP contribution in [0.25, 0.3) is 0 Å². The summed E-state index contributed by atoms with van der Waals surface area (Å²) < 4.78 is 9.91. The number of ether oxygens (including phenoxy) is 2. The lowest BCUT2D eigenvalue weighted by atomic mass is 10.1. The quantitative estimate of drug-likeness (QED) is 0.628. The highest BCUT2D eigenvalue weighted by Crippen LogP contribution is 2.38. The Morgan fingerprint density at radius 2 is 2.07 bits per heavy atom. The van der Waals surface area contributed by atoms with Crippen LogP contribution in [0.2, 0.25) is 0 Å². The summed E-state index contributed by atoms with van der Waals surface area (Å²) >= 11 is 0. The van der Waals surface area contributed by atoms with Gasteiger partial charge in [-0.3, -0.25) is 0 Å². The molecule has 4 heteroatoms. The third kappa shape index (κ3) is 1.56. The molecule has 0 unspecified atom stereocenters. The average molecular weight is 193 g/mol. The second-order valence-corrected chi connectivity index (χ2v) is 3.07. The molecule has 1 aliphatic heterocycles. The summed E-state index contributed by atoms with van der Waals surface area (Å²) in [6.45, 7) is 0. The van der Waals surface area contributed by atoms with Gasteiger partial charge in [-0.2, -0.15) is 0 Å². The van der Waals surface area contributed by atoms with Gasteiger partial charge in [0.2, 0.25) is 0 Å². The van der Waals surface area contributed by atoms with Crippen LogP contribution < -0.4 is 9.84 Å². The van der Waals surface area contributed by atoms with Crippen molar-refractivity contribution in [3.63, 3.8) is 0 Å². The van der Waals surface area contributed by atoms with Crippen molar-refractivity contribution in [2.24, 2.45) is 0 Å². The summed E-state index contributed by atoms with van der Waals surface area (Å²) in [5, 5.41) is 10.4. The molecule has 1 aliphatic rings. The second-order valence-electron chi connectivity index (χ2n) is 3.07. The van der Waals surface area contributed by atoms with Crippen LogP contribution in [0.15, 0.2) is 24.3 Å². The number of carboxylic acids is 1. The molecule has 0 saturated carbocycles. The van der Waals surface area contributed by atoms with Crippen LogP contribution in [-0.4, -0.2) is 19.2 Å². The summed E-state index contributed by atoms with van der Waals surface area (Å²) in [5.41, 5.74) is 0.833. The molecule has 2 rings (SSSR count). The fraction of sp³-hybridized carbons (Fsp3) is 0.300. The molecular weight excluding hydrogens is 184 g/mol. The van der Waals surface area contributed by atoms with Crippen LogP contribution in [-0.2, 0) is 9.53 Å². The standard InChI is InChI=1S/C10H10O4/c1-13-7-4-2-6(3-5-7)8-9(14-8)10(11)12/h2-5,8-9H,1H3,(H,11,12)/p-1/t8-,9+/m0/s1. The SMILES string of the molecule is COc1ccc([C@@H]2O[C@H]2C(=O)[O-])cc1. The maximum atomic E-state index is 10.4. The van der Waals surface area contributed by atoms with Crippen LogP contribution in [0.3, 0.4) is 0 Å². The average Bonchev–Trinajstić information content (AvgIpc) is 2.97. The first kappa shape index (κ1) is 9.02. The molecule has 74 valence electrons. The molecule has 0 bridgehead atoms. The second kappa shape index (κ2) is 3.31. The van der Waals surface area contributed by atoms with Crippen molar-refractivity contribution in [2.45, 2.75) is 12.2 Å². The highest BCUT2D eigenvalue weighted by Gasteiger charge is 2.41. The minimum Gasteiger partial charge on any atom is -0.547 e. The van der Waals surface area contributed by atoms with E-state index in [0.717, 1.165) is 11.3 Å². The van der Waals surface area contributed by atoms with E-state index in [1.54, 1.807) is 31.4 Å². The molecule has 1 fully saturated rings. The number of methoxy groups -OCH3 is 1. The number of aliphatic carboxylic acids is 1. The van der Waals surface area contributed by atoms with Gasteiger partial charge in [0.05, 0.1) is 13.1 Å². The number of benzene rings is 1. The fourth-order valence-corrected chi connectivity index (χ4v) is 1.34. The van der Waals surface area contributed by atoms with Gasteiger partial charge in [0.15, 0.2) is 0 Å². The molecule has 2 atom stereocenters. The summed E-state index contributed by atoms with van der Waals surface area (Å²) in [7, 11) is 1.58. The highest BCUT2D eigenvalue weighted by molar-refractivity contribution is 5.74. The molecule has 4 nitrogen and oxygen atoms in total. The van der Waals surface area contributed by atoms with Gasteiger partial charge in [0.1, 0.15) is 18.0 Å². The van der Waals surface area contributed by atoms with Gasteiger partial charge in [-0.25, -0.2) is 0 Å². The predicted octanol–water partition coefficient (Wildman–Crippen LogP) is -0.115. The van der Waals surface area contributed by atoms with Crippen molar-refractivity contribution < 1.29 is 19.4 Å². The van der Waals surface area contributed by atoms with Gasteiger partial charge >= 0.3 is 0 Å². The summed E-state index contributed by atoms with van der Waals surface area (Å²) in [4.78, 5) is 10.4. The van der Waals surface area contributed by atoms with Crippen LogP contribution in [0.1, 0.15) is 11.7 Å². The number of carboxylic acid groups (broad SMARTS) is 1. The maximum absolute atomic E-state index is 10.4. The number of rotatable bonds is 3. The smallest absolute Gasteiger partial charge is 0.128 e. The van der Waals surface area contributed by atoms with Crippen LogP contribution in [0.4, 0.5) is 0 Å². The van der Waals surface area contributed by atoms with E-state index in [-0.39, 0.29) is 6.10 Å². The van der Waals surface area contributed by atoms with Crippen LogP contribution in [0.5, 0.6) is 5.75 Å². The molecule has 0 aliphatic carbocycles. The summed E-state index contributed by atoms with van der Waals surface area (Å²) in [5.74, 6) is -0.426. The zero-order valence-corrected chi connectivity index (χ0v) is 7.60. The predicted molar refractivity (Wildman–Crippen MR) is 45.6 cm³/mol. The normalized spacial score (nSPS) is 24.4. The zero-order valence-electron chi connectivity index (χ0n) is 7.60. The van der Waals surface area contributed by atoms with Crippen molar-refractivity contribution in [3.8, 4) is 5.75 Å².